The average Bonchev–Trinajstić information content (AvgIpc) is 3.94. The van der Waals surface area contributed by atoms with Crippen LogP contribution in [0.15, 0.2) is 36.7 Å². The second kappa shape index (κ2) is 18.2. The van der Waals surface area contributed by atoms with Gasteiger partial charge in [0.2, 0.25) is 5.91 Å². The summed E-state index contributed by atoms with van der Waals surface area (Å²) in [5, 5.41) is 19.7. The second-order valence-electron chi connectivity index (χ2n) is 14.6. The molecule has 1 aliphatic heterocycles. The zero-order valence-corrected chi connectivity index (χ0v) is 31.4. The highest BCUT2D eigenvalue weighted by Crippen LogP contribution is 2.36. The van der Waals surface area contributed by atoms with Crippen LogP contribution in [0.2, 0.25) is 0 Å². The van der Waals surface area contributed by atoms with E-state index in [1.165, 1.54) is 18.4 Å². The molecular weight excluding hydrogens is 692 g/mol. The number of anilines is 2. The SMILES string of the molecule is CC(C)NC(=O)O[C@H]1CC[C@@H](c2cc(NC(=O)c3cc(COCCCCCCCCCc4ccn5c(N6CCC(=O)NC6=O)cnc5c4)nn3C)n[nH]2)C1. The normalized spacial score (nSPS) is 17.4. The van der Waals surface area contributed by atoms with Crippen LogP contribution in [0.25, 0.3) is 5.65 Å². The molecule has 0 aromatic carbocycles. The van der Waals surface area contributed by atoms with Gasteiger partial charge in [-0.15, -0.1) is 0 Å². The van der Waals surface area contributed by atoms with Crippen molar-refractivity contribution in [2.45, 2.75) is 116 Å². The van der Waals surface area contributed by atoms with Gasteiger partial charge in [-0.3, -0.25) is 34.0 Å². The average molecular weight is 745 g/mol. The number of fused-ring (bicyclic) bond motifs is 1. The number of rotatable bonds is 18. The van der Waals surface area contributed by atoms with Crippen LogP contribution in [-0.4, -0.2) is 78.6 Å². The number of alkyl carbamates (subject to hydrolysis) is 1. The maximum atomic E-state index is 13.0. The number of carbonyl (C=O) groups is 4. The molecule has 4 aromatic rings. The predicted octanol–water partition coefficient (Wildman–Crippen LogP) is 5.75. The Balaban J connectivity index is 0.814. The molecule has 5 heterocycles. The number of hydrogen-bond donors (Lipinski definition) is 4. The number of amides is 5. The largest absolute Gasteiger partial charge is 0.446 e. The third kappa shape index (κ3) is 10.2. The number of imide groups is 1. The fourth-order valence-electron chi connectivity index (χ4n) is 7.09. The van der Waals surface area contributed by atoms with E-state index in [9.17, 15) is 19.2 Å². The number of carbonyl (C=O) groups excluding carboxylic acids is 4. The van der Waals surface area contributed by atoms with Gasteiger partial charge in [0.05, 0.1) is 18.5 Å². The van der Waals surface area contributed by atoms with E-state index in [1.54, 1.807) is 28.9 Å². The first-order valence-corrected chi connectivity index (χ1v) is 19.1. The van der Waals surface area contributed by atoms with Crippen molar-refractivity contribution in [3.63, 3.8) is 0 Å². The lowest BCUT2D eigenvalue weighted by Gasteiger charge is -2.25. The van der Waals surface area contributed by atoms with Gasteiger partial charge in [0.1, 0.15) is 23.3 Å². The summed E-state index contributed by atoms with van der Waals surface area (Å²) in [6.45, 7) is 5.12. The molecule has 2 atom stereocenters. The lowest BCUT2D eigenvalue weighted by Crippen LogP contribution is -2.50. The molecule has 4 aromatic heterocycles. The summed E-state index contributed by atoms with van der Waals surface area (Å²) < 4.78 is 14.8. The van der Waals surface area contributed by atoms with Gasteiger partial charge in [0.25, 0.3) is 5.91 Å². The molecule has 2 aliphatic rings. The molecule has 16 heteroatoms. The van der Waals surface area contributed by atoms with Crippen LogP contribution < -0.4 is 20.9 Å². The summed E-state index contributed by atoms with van der Waals surface area (Å²) in [5.74, 6) is 0.720. The Labute approximate surface area is 314 Å². The molecule has 1 saturated heterocycles. The van der Waals surface area contributed by atoms with Gasteiger partial charge in [0, 0.05) is 56.5 Å². The molecule has 54 heavy (non-hydrogen) atoms. The number of imidazole rings is 1. The van der Waals surface area contributed by atoms with Crippen LogP contribution >= 0.6 is 0 Å². The first kappa shape index (κ1) is 38.5. The molecular formula is C38H52N10O6. The third-order valence-corrected chi connectivity index (χ3v) is 9.90. The zero-order valence-electron chi connectivity index (χ0n) is 31.4. The highest BCUT2D eigenvalue weighted by molar-refractivity contribution is 6.05. The Hall–Kier alpha value is -5.25. The minimum absolute atomic E-state index is 0.0249. The van der Waals surface area contributed by atoms with E-state index in [2.05, 4.69) is 48.4 Å². The van der Waals surface area contributed by atoms with Gasteiger partial charge in [-0.1, -0.05) is 32.1 Å². The molecule has 0 radical (unpaired) electrons. The van der Waals surface area contributed by atoms with Gasteiger partial charge in [-0.25, -0.2) is 14.6 Å². The van der Waals surface area contributed by atoms with E-state index >= 15 is 0 Å². The summed E-state index contributed by atoms with van der Waals surface area (Å²) >= 11 is 0. The Kier molecular flexibility index (Phi) is 13.0. The van der Waals surface area contributed by atoms with Gasteiger partial charge in [-0.2, -0.15) is 10.2 Å². The number of nitrogens with zero attached hydrogens (tertiary/aromatic N) is 6. The van der Waals surface area contributed by atoms with Crippen LogP contribution in [0.5, 0.6) is 0 Å². The van der Waals surface area contributed by atoms with Crippen molar-refractivity contribution in [1.82, 2.24) is 40.0 Å². The zero-order chi connectivity index (χ0) is 38.0. The number of hydrogen-bond acceptors (Lipinski definition) is 9. The van der Waals surface area contributed by atoms with E-state index in [0.29, 0.717) is 49.2 Å². The number of urea groups is 1. The van der Waals surface area contributed by atoms with Crippen molar-refractivity contribution in [3.05, 3.63) is 59.3 Å². The van der Waals surface area contributed by atoms with Gasteiger partial charge < -0.3 is 20.1 Å². The van der Waals surface area contributed by atoms with Gasteiger partial charge in [-0.05, 0) is 76.1 Å². The Morgan fingerprint density at radius 3 is 2.63 bits per heavy atom. The summed E-state index contributed by atoms with van der Waals surface area (Å²) in [6.07, 6.45) is 14.6. The van der Waals surface area contributed by atoms with Gasteiger partial charge in [0.15, 0.2) is 5.82 Å². The molecule has 0 bridgehead atoms. The Morgan fingerprint density at radius 1 is 1.04 bits per heavy atom. The van der Waals surface area contributed by atoms with E-state index in [-0.39, 0.29) is 36.3 Å². The first-order valence-electron chi connectivity index (χ1n) is 19.1. The fraction of sp³-hybridized carbons (Fsp3) is 0.553. The Bertz CT molecular complexity index is 1910. The lowest BCUT2D eigenvalue weighted by molar-refractivity contribution is -0.120. The molecule has 5 amide bonds. The fourth-order valence-corrected chi connectivity index (χ4v) is 7.09. The molecule has 0 spiro atoms. The molecule has 16 nitrogen and oxygen atoms in total. The van der Waals surface area contributed by atoms with Crippen molar-refractivity contribution < 1.29 is 28.7 Å². The number of H-pyrrole nitrogens is 1. The molecule has 6 rings (SSSR count). The molecule has 290 valence electrons. The van der Waals surface area contributed by atoms with Crippen LogP contribution in [0.3, 0.4) is 0 Å². The number of aromatic amines is 1. The molecule has 4 N–H and O–H groups in total. The minimum Gasteiger partial charge on any atom is -0.446 e. The number of ether oxygens (including phenoxy) is 2. The van der Waals surface area contributed by atoms with Crippen LogP contribution in [-0.2, 0) is 34.3 Å². The molecule has 2 fully saturated rings. The minimum atomic E-state index is -0.411. The van der Waals surface area contributed by atoms with Crippen molar-refractivity contribution in [1.29, 1.82) is 0 Å². The number of nitrogens with one attached hydrogen (secondary N) is 4. The summed E-state index contributed by atoms with van der Waals surface area (Å²) in [5.41, 5.74) is 4.04. The van der Waals surface area contributed by atoms with E-state index in [4.69, 9.17) is 9.47 Å². The highest BCUT2D eigenvalue weighted by Gasteiger charge is 2.30. The number of pyridine rings is 1. The summed E-state index contributed by atoms with van der Waals surface area (Å²) in [4.78, 5) is 54.7. The van der Waals surface area contributed by atoms with E-state index in [1.807, 2.05) is 30.5 Å². The standard InChI is InChI=1S/C38H52N10O6/c1-25(2)40-38(52)54-29-13-12-27(20-29)30-22-32(44-43-30)41-36(50)31-21-28(45-46(31)3)24-53-18-10-8-6-4-5-7-9-11-26-14-16-47-33(19-26)39-23-35(47)48-17-15-34(49)42-37(48)51/h14,16,19,21-23,25,27,29H,4-13,15,17-18,20,24H2,1-3H3,(H,40,52)(H,42,49,51)(H2,41,43,44,50)/t27-,29+/m1/s1. The number of aromatic nitrogens is 6. The molecule has 0 unspecified atom stereocenters. The quantitative estimate of drug-likeness (QED) is 0.0920. The maximum Gasteiger partial charge on any atom is 0.407 e. The molecule has 1 saturated carbocycles. The van der Waals surface area contributed by atoms with Crippen LogP contribution in [0.1, 0.15) is 118 Å². The molecule has 1 aliphatic carbocycles. The van der Waals surface area contributed by atoms with Crippen molar-refractivity contribution in [2.75, 3.05) is 23.4 Å². The smallest absolute Gasteiger partial charge is 0.407 e. The summed E-state index contributed by atoms with van der Waals surface area (Å²) in [6, 6.07) is 7.34. The highest BCUT2D eigenvalue weighted by atomic mass is 16.6. The second-order valence-corrected chi connectivity index (χ2v) is 14.6. The van der Waals surface area contributed by atoms with Crippen molar-refractivity contribution in [2.24, 2.45) is 7.05 Å². The lowest BCUT2D eigenvalue weighted by atomic mass is 10.0. The number of aryl methyl sites for hydroxylation is 2. The van der Waals surface area contributed by atoms with Crippen LogP contribution in [0, 0.1) is 0 Å². The Morgan fingerprint density at radius 2 is 1.83 bits per heavy atom. The third-order valence-electron chi connectivity index (χ3n) is 9.90. The van der Waals surface area contributed by atoms with E-state index < -0.39 is 12.1 Å². The van der Waals surface area contributed by atoms with E-state index in [0.717, 1.165) is 62.7 Å². The maximum absolute atomic E-state index is 13.0. The number of unbranched alkanes of at least 4 members (excludes halogenated alkanes) is 6. The monoisotopic (exact) mass is 744 g/mol. The van der Waals surface area contributed by atoms with Gasteiger partial charge >= 0.3 is 12.1 Å². The van der Waals surface area contributed by atoms with Crippen molar-refractivity contribution in [3.8, 4) is 0 Å². The van der Waals surface area contributed by atoms with Crippen molar-refractivity contribution >= 4 is 41.2 Å². The predicted molar refractivity (Wildman–Crippen MR) is 201 cm³/mol. The van der Waals surface area contributed by atoms with Crippen LogP contribution in [0.4, 0.5) is 21.2 Å². The topological polar surface area (TPSA) is 190 Å². The first-order chi connectivity index (χ1) is 26.1. The summed E-state index contributed by atoms with van der Waals surface area (Å²) in [7, 11) is 1.74.